The number of piperazine rings is 1. The molecule has 0 radical (unpaired) electrons. The molecular weight excluding hydrogens is 266 g/mol. The van der Waals surface area contributed by atoms with Crippen LogP contribution in [0.5, 0.6) is 0 Å². The van der Waals surface area contributed by atoms with Crippen molar-refractivity contribution in [2.45, 2.75) is 25.8 Å². The molecule has 2 rings (SSSR count). The second-order valence-corrected chi connectivity index (χ2v) is 5.38. The van der Waals surface area contributed by atoms with Crippen molar-refractivity contribution in [1.29, 1.82) is 0 Å². The van der Waals surface area contributed by atoms with Gasteiger partial charge in [-0.15, -0.1) is 0 Å². The van der Waals surface area contributed by atoms with Crippen LogP contribution in [0.2, 0.25) is 0 Å². The minimum absolute atomic E-state index is 0.201. The highest BCUT2D eigenvalue weighted by molar-refractivity contribution is 5.81. The van der Waals surface area contributed by atoms with Gasteiger partial charge in [-0.05, 0) is 12.0 Å². The third-order valence-electron chi connectivity index (χ3n) is 3.88. The average molecular weight is 289 g/mol. The molecule has 2 amide bonds. The lowest BCUT2D eigenvalue weighted by atomic mass is 10.0. The third-order valence-corrected chi connectivity index (χ3v) is 3.88. The first-order valence-electron chi connectivity index (χ1n) is 7.49. The Kier molecular flexibility index (Phi) is 5.33. The monoisotopic (exact) mass is 289 g/mol. The van der Waals surface area contributed by atoms with E-state index in [0.29, 0.717) is 32.6 Å². The molecule has 1 aromatic carbocycles. The molecule has 1 aliphatic rings. The fourth-order valence-corrected chi connectivity index (χ4v) is 2.79. The summed E-state index contributed by atoms with van der Waals surface area (Å²) in [6, 6.07) is 9.17. The molecule has 114 valence electrons. The van der Waals surface area contributed by atoms with Crippen LogP contribution < -0.4 is 5.73 Å². The molecule has 21 heavy (non-hydrogen) atoms. The molecule has 1 unspecified atom stereocenters. The predicted molar refractivity (Wildman–Crippen MR) is 81.4 cm³/mol. The molecule has 1 atom stereocenters. The maximum atomic E-state index is 11.9. The molecule has 0 spiro atoms. The maximum Gasteiger partial charge on any atom is 0.239 e. The number of carbonyl (C=O) groups is 2. The van der Waals surface area contributed by atoms with Gasteiger partial charge in [-0.1, -0.05) is 37.3 Å². The van der Waals surface area contributed by atoms with Gasteiger partial charge in [0.25, 0.3) is 0 Å². The second kappa shape index (κ2) is 7.22. The number of nitrogens with two attached hydrogens (primary N) is 1. The zero-order valence-electron chi connectivity index (χ0n) is 12.5. The Bertz CT molecular complexity index is 482. The molecule has 0 saturated carbocycles. The van der Waals surface area contributed by atoms with Gasteiger partial charge >= 0.3 is 0 Å². The first-order chi connectivity index (χ1) is 10.1. The normalized spacial score (nSPS) is 17.5. The molecule has 5 nitrogen and oxygen atoms in total. The molecule has 1 saturated heterocycles. The average Bonchev–Trinajstić information content (AvgIpc) is 2.49. The summed E-state index contributed by atoms with van der Waals surface area (Å²) in [5, 5.41) is 0. The summed E-state index contributed by atoms with van der Waals surface area (Å²) in [5.74, 6) is -0.137. The van der Waals surface area contributed by atoms with Crippen LogP contribution in [0.25, 0.3) is 0 Å². The molecule has 1 fully saturated rings. The quantitative estimate of drug-likeness (QED) is 0.884. The van der Waals surface area contributed by atoms with Gasteiger partial charge in [0.15, 0.2) is 0 Å². The zero-order chi connectivity index (χ0) is 15.2. The summed E-state index contributed by atoms with van der Waals surface area (Å²) < 4.78 is 0. The van der Waals surface area contributed by atoms with Crippen molar-refractivity contribution in [3.63, 3.8) is 0 Å². The first-order valence-corrected chi connectivity index (χ1v) is 7.49. The number of nitrogens with zero attached hydrogens (tertiary/aromatic N) is 2. The Morgan fingerprint density at radius 2 is 1.76 bits per heavy atom. The van der Waals surface area contributed by atoms with Crippen molar-refractivity contribution in [2.75, 3.05) is 26.2 Å². The first kappa shape index (κ1) is 15.5. The number of benzene rings is 1. The van der Waals surface area contributed by atoms with E-state index in [1.54, 1.807) is 0 Å². The number of amides is 2. The Labute approximate surface area is 125 Å². The fourth-order valence-electron chi connectivity index (χ4n) is 2.79. The number of primary amides is 1. The van der Waals surface area contributed by atoms with Crippen molar-refractivity contribution in [2.24, 2.45) is 5.73 Å². The fraction of sp³-hybridized carbons (Fsp3) is 0.500. The van der Waals surface area contributed by atoms with Crippen LogP contribution in [0, 0.1) is 0 Å². The second-order valence-electron chi connectivity index (χ2n) is 5.38. The van der Waals surface area contributed by atoms with Gasteiger partial charge in [0, 0.05) is 32.6 Å². The van der Waals surface area contributed by atoms with E-state index in [2.05, 4.69) is 4.90 Å². The van der Waals surface area contributed by atoms with Crippen LogP contribution in [-0.2, 0) is 9.59 Å². The van der Waals surface area contributed by atoms with Crippen LogP contribution in [0.3, 0.4) is 0 Å². The van der Waals surface area contributed by atoms with Crippen molar-refractivity contribution in [1.82, 2.24) is 9.80 Å². The highest BCUT2D eigenvalue weighted by Crippen LogP contribution is 2.22. The predicted octanol–water partition coefficient (Wildman–Crippen LogP) is 1.16. The van der Waals surface area contributed by atoms with E-state index < -0.39 is 6.04 Å². The van der Waals surface area contributed by atoms with Gasteiger partial charge in [-0.2, -0.15) is 0 Å². The standard InChI is InChI=1S/C16H23N3O2/c1-2-6-14(20)18-9-11-19(12-10-18)15(16(17)21)13-7-4-3-5-8-13/h3-5,7-8,15H,2,6,9-12H2,1H3,(H2,17,21). The van der Waals surface area contributed by atoms with Gasteiger partial charge in [0.05, 0.1) is 0 Å². The van der Waals surface area contributed by atoms with Crippen molar-refractivity contribution in [3.05, 3.63) is 35.9 Å². The Morgan fingerprint density at radius 3 is 2.29 bits per heavy atom. The maximum absolute atomic E-state index is 11.9. The lowest BCUT2D eigenvalue weighted by molar-refractivity contribution is -0.134. The van der Waals surface area contributed by atoms with E-state index in [4.69, 9.17) is 5.73 Å². The minimum atomic E-state index is -0.408. The van der Waals surface area contributed by atoms with Gasteiger partial charge in [0.2, 0.25) is 11.8 Å². The largest absolute Gasteiger partial charge is 0.368 e. The molecule has 1 aliphatic heterocycles. The Hall–Kier alpha value is -1.88. The van der Waals surface area contributed by atoms with Gasteiger partial charge in [0.1, 0.15) is 6.04 Å². The van der Waals surface area contributed by atoms with E-state index in [0.717, 1.165) is 12.0 Å². The Morgan fingerprint density at radius 1 is 1.14 bits per heavy atom. The van der Waals surface area contributed by atoms with Crippen LogP contribution >= 0.6 is 0 Å². The van der Waals surface area contributed by atoms with E-state index in [1.807, 2.05) is 42.2 Å². The number of carbonyl (C=O) groups excluding carboxylic acids is 2. The molecule has 0 aromatic heterocycles. The van der Waals surface area contributed by atoms with Crippen LogP contribution in [0.15, 0.2) is 30.3 Å². The van der Waals surface area contributed by atoms with Crippen LogP contribution in [0.1, 0.15) is 31.4 Å². The van der Waals surface area contributed by atoms with Gasteiger partial charge in [-0.3, -0.25) is 14.5 Å². The summed E-state index contributed by atoms with van der Waals surface area (Å²) in [6.07, 6.45) is 1.46. The van der Waals surface area contributed by atoms with Crippen molar-refractivity contribution in [3.8, 4) is 0 Å². The van der Waals surface area contributed by atoms with E-state index in [1.165, 1.54) is 0 Å². The highest BCUT2D eigenvalue weighted by atomic mass is 16.2. The lowest BCUT2D eigenvalue weighted by Gasteiger charge is -2.38. The molecule has 5 heteroatoms. The minimum Gasteiger partial charge on any atom is -0.368 e. The van der Waals surface area contributed by atoms with Crippen molar-refractivity contribution >= 4 is 11.8 Å². The van der Waals surface area contributed by atoms with Gasteiger partial charge < -0.3 is 10.6 Å². The summed E-state index contributed by atoms with van der Waals surface area (Å²) in [7, 11) is 0. The SMILES string of the molecule is CCCC(=O)N1CCN(C(C(N)=O)c2ccccc2)CC1. The highest BCUT2D eigenvalue weighted by Gasteiger charge is 2.29. The number of rotatable bonds is 5. The summed E-state index contributed by atoms with van der Waals surface area (Å²) in [6.45, 7) is 4.69. The summed E-state index contributed by atoms with van der Waals surface area (Å²) in [4.78, 5) is 27.7. The smallest absolute Gasteiger partial charge is 0.239 e. The van der Waals surface area contributed by atoms with Crippen LogP contribution in [-0.4, -0.2) is 47.8 Å². The van der Waals surface area contributed by atoms with Crippen LogP contribution in [0.4, 0.5) is 0 Å². The lowest BCUT2D eigenvalue weighted by Crippen LogP contribution is -2.51. The number of hydrogen-bond acceptors (Lipinski definition) is 3. The van der Waals surface area contributed by atoms with E-state index in [-0.39, 0.29) is 11.8 Å². The van der Waals surface area contributed by atoms with Crippen molar-refractivity contribution < 1.29 is 9.59 Å². The number of hydrogen-bond donors (Lipinski definition) is 1. The van der Waals surface area contributed by atoms with E-state index >= 15 is 0 Å². The molecule has 1 heterocycles. The molecule has 0 bridgehead atoms. The zero-order valence-corrected chi connectivity index (χ0v) is 12.5. The third kappa shape index (κ3) is 3.82. The van der Waals surface area contributed by atoms with Gasteiger partial charge in [-0.25, -0.2) is 0 Å². The molecule has 1 aromatic rings. The Balaban J connectivity index is 2.02. The summed E-state index contributed by atoms with van der Waals surface area (Å²) >= 11 is 0. The molecule has 0 aliphatic carbocycles. The topological polar surface area (TPSA) is 66.6 Å². The molecule has 2 N–H and O–H groups in total. The molecular formula is C16H23N3O2. The summed E-state index contributed by atoms with van der Waals surface area (Å²) in [5.41, 5.74) is 6.50. The van der Waals surface area contributed by atoms with E-state index in [9.17, 15) is 9.59 Å².